The van der Waals surface area contributed by atoms with Crippen molar-refractivity contribution in [2.45, 2.75) is 38.9 Å². The van der Waals surface area contributed by atoms with Crippen molar-refractivity contribution < 1.29 is 13.7 Å². The fourth-order valence-corrected chi connectivity index (χ4v) is 3.55. The van der Waals surface area contributed by atoms with Gasteiger partial charge in [0.2, 0.25) is 5.89 Å². The SMILES string of the molecule is CC1(C)OB(c2ccc3ccc4nc(-c5ccccc5)oc4c3c2)OC1(C)C. The molecule has 4 aromatic rings. The van der Waals surface area contributed by atoms with Crippen LogP contribution in [0.15, 0.2) is 65.1 Å². The molecule has 1 aliphatic rings. The molecule has 4 nitrogen and oxygen atoms in total. The number of hydrogen-bond donors (Lipinski definition) is 0. The molecular weight excluding hydrogens is 349 g/mol. The van der Waals surface area contributed by atoms with E-state index in [1.165, 1.54) is 0 Å². The third kappa shape index (κ3) is 2.66. The molecule has 28 heavy (non-hydrogen) atoms. The fourth-order valence-electron chi connectivity index (χ4n) is 3.55. The molecule has 1 aliphatic heterocycles. The third-order valence-corrected chi connectivity index (χ3v) is 5.94. The predicted octanol–water partition coefficient (Wildman–Crippen LogP) is 4.95. The van der Waals surface area contributed by atoms with Crippen LogP contribution in [-0.4, -0.2) is 23.3 Å². The highest BCUT2D eigenvalue weighted by atomic mass is 16.7. The second-order valence-electron chi connectivity index (χ2n) is 8.37. The van der Waals surface area contributed by atoms with E-state index >= 15 is 0 Å². The predicted molar refractivity (Wildman–Crippen MR) is 113 cm³/mol. The van der Waals surface area contributed by atoms with E-state index in [1.54, 1.807) is 0 Å². The molecule has 1 aromatic heterocycles. The standard InChI is InChI=1S/C23H22BNO3/c1-22(2)23(3,4)28-24(27-22)17-12-10-15-11-13-19-20(18(15)14-17)26-21(25-19)16-8-6-5-7-9-16/h5-14H,1-4H3. The summed E-state index contributed by atoms with van der Waals surface area (Å²) in [6.07, 6.45) is 0. The number of hydrogen-bond acceptors (Lipinski definition) is 4. The molecule has 0 unspecified atom stereocenters. The van der Waals surface area contributed by atoms with Crippen LogP contribution >= 0.6 is 0 Å². The Morgan fingerprint density at radius 2 is 1.50 bits per heavy atom. The molecule has 0 N–H and O–H groups in total. The Hall–Kier alpha value is -2.63. The zero-order valence-electron chi connectivity index (χ0n) is 16.5. The first kappa shape index (κ1) is 17.5. The molecule has 3 aromatic carbocycles. The van der Waals surface area contributed by atoms with Crippen LogP contribution in [0.5, 0.6) is 0 Å². The van der Waals surface area contributed by atoms with E-state index in [9.17, 15) is 0 Å². The largest absolute Gasteiger partial charge is 0.494 e. The Morgan fingerprint density at radius 1 is 0.821 bits per heavy atom. The molecule has 5 heteroatoms. The van der Waals surface area contributed by atoms with Gasteiger partial charge >= 0.3 is 7.12 Å². The van der Waals surface area contributed by atoms with Crippen LogP contribution in [-0.2, 0) is 9.31 Å². The van der Waals surface area contributed by atoms with Gasteiger partial charge in [0.1, 0.15) is 5.52 Å². The average Bonchev–Trinajstić information content (AvgIpc) is 3.20. The molecule has 0 spiro atoms. The van der Waals surface area contributed by atoms with Gasteiger partial charge < -0.3 is 13.7 Å². The molecule has 0 bridgehead atoms. The summed E-state index contributed by atoms with van der Waals surface area (Å²) in [6.45, 7) is 8.26. The highest BCUT2D eigenvalue weighted by Crippen LogP contribution is 2.37. The van der Waals surface area contributed by atoms with Crippen molar-refractivity contribution in [1.82, 2.24) is 4.98 Å². The van der Waals surface area contributed by atoms with E-state index in [4.69, 9.17) is 13.7 Å². The van der Waals surface area contributed by atoms with E-state index in [0.717, 1.165) is 32.9 Å². The summed E-state index contributed by atoms with van der Waals surface area (Å²) in [7, 11) is -0.402. The van der Waals surface area contributed by atoms with Gasteiger partial charge in [0.25, 0.3) is 0 Å². The number of nitrogens with zero attached hydrogens (tertiary/aromatic N) is 1. The average molecular weight is 371 g/mol. The van der Waals surface area contributed by atoms with Crippen molar-refractivity contribution in [2.75, 3.05) is 0 Å². The van der Waals surface area contributed by atoms with Crippen LogP contribution in [0.25, 0.3) is 33.3 Å². The first-order valence-electron chi connectivity index (χ1n) is 9.58. The maximum atomic E-state index is 6.22. The van der Waals surface area contributed by atoms with Crippen molar-refractivity contribution in [3.05, 3.63) is 60.7 Å². The normalized spacial score (nSPS) is 18.2. The van der Waals surface area contributed by atoms with E-state index in [1.807, 2.05) is 36.4 Å². The highest BCUT2D eigenvalue weighted by molar-refractivity contribution is 6.62. The highest BCUT2D eigenvalue weighted by Gasteiger charge is 2.51. The van der Waals surface area contributed by atoms with Gasteiger partial charge in [-0.05, 0) is 56.7 Å². The van der Waals surface area contributed by atoms with Crippen LogP contribution in [0.3, 0.4) is 0 Å². The third-order valence-electron chi connectivity index (χ3n) is 5.94. The number of benzene rings is 3. The molecule has 0 atom stereocenters. The number of rotatable bonds is 2. The van der Waals surface area contributed by atoms with Gasteiger partial charge in [0.05, 0.1) is 11.2 Å². The minimum Gasteiger partial charge on any atom is -0.435 e. The molecule has 0 saturated carbocycles. The molecule has 5 rings (SSSR count). The maximum Gasteiger partial charge on any atom is 0.494 e. The summed E-state index contributed by atoms with van der Waals surface area (Å²) in [6, 6.07) is 20.3. The summed E-state index contributed by atoms with van der Waals surface area (Å²) in [5, 5.41) is 2.11. The zero-order valence-corrected chi connectivity index (χ0v) is 16.5. The van der Waals surface area contributed by atoms with Crippen molar-refractivity contribution in [3.8, 4) is 11.5 Å². The lowest BCUT2D eigenvalue weighted by Gasteiger charge is -2.32. The second-order valence-corrected chi connectivity index (χ2v) is 8.37. The van der Waals surface area contributed by atoms with Gasteiger partial charge in [-0.3, -0.25) is 0 Å². The first-order chi connectivity index (χ1) is 13.3. The van der Waals surface area contributed by atoms with Crippen LogP contribution < -0.4 is 5.46 Å². The molecule has 140 valence electrons. The quantitative estimate of drug-likeness (QED) is 0.468. The Labute approximate surface area is 164 Å². The van der Waals surface area contributed by atoms with Crippen LogP contribution in [0.4, 0.5) is 0 Å². The van der Waals surface area contributed by atoms with Crippen LogP contribution in [0.2, 0.25) is 0 Å². The number of fused-ring (bicyclic) bond motifs is 3. The second kappa shape index (κ2) is 5.93. The van der Waals surface area contributed by atoms with Gasteiger partial charge in [-0.25, -0.2) is 4.98 Å². The van der Waals surface area contributed by atoms with E-state index in [0.29, 0.717) is 5.89 Å². The Balaban J connectivity index is 1.63. The lowest BCUT2D eigenvalue weighted by atomic mass is 9.78. The lowest BCUT2D eigenvalue weighted by molar-refractivity contribution is 0.00578. The fraction of sp³-hybridized carbons (Fsp3) is 0.261. The molecule has 0 radical (unpaired) electrons. The first-order valence-corrected chi connectivity index (χ1v) is 9.58. The zero-order chi connectivity index (χ0) is 19.5. The summed E-state index contributed by atoms with van der Waals surface area (Å²) in [5.74, 6) is 0.629. The summed E-state index contributed by atoms with van der Waals surface area (Å²) < 4.78 is 18.6. The topological polar surface area (TPSA) is 44.5 Å². The van der Waals surface area contributed by atoms with Gasteiger partial charge in [-0.2, -0.15) is 0 Å². The van der Waals surface area contributed by atoms with E-state index in [-0.39, 0.29) is 11.2 Å². The molecular formula is C23H22BNO3. The lowest BCUT2D eigenvalue weighted by Crippen LogP contribution is -2.41. The smallest absolute Gasteiger partial charge is 0.435 e. The summed E-state index contributed by atoms with van der Waals surface area (Å²) in [4.78, 5) is 4.68. The molecule has 0 amide bonds. The minimum absolute atomic E-state index is 0.370. The van der Waals surface area contributed by atoms with Gasteiger partial charge in [-0.15, -0.1) is 0 Å². The van der Waals surface area contributed by atoms with Crippen LogP contribution in [0, 0.1) is 0 Å². The number of oxazole rings is 1. The number of aromatic nitrogens is 1. The molecule has 2 heterocycles. The monoisotopic (exact) mass is 371 g/mol. The molecule has 0 aliphatic carbocycles. The summed E-state index contributed by atoms with van der Waals surface area (Å²) >= 11 is 0. The van der Waals surface area contributed by atoms with Crippen molar-refractivity contribution in [3.63, 3.8) is 0 Å². The Kier molecular flexibility index (Phi) is 3.70. The molecule has 1 saturated heterocycles. The Morgan fingerprint density at radius 3 is 2.21 bits per heavy atom. The maximum absolute atomic E-state index is 6.22. The molecule has 1 fully saturated rings. The van der Waals surface area contributed by atoms with Crippen molar-refractivity contribution in [1.29, 1.82) is 0 Å². The van der Waals surface area contributed by atoms with E-state index < -0.39 is 7.12 Å². The van der Waals surface area contributed by atoms with Gasteiger partial charge in [0, 0.05) is 10.9 Å². The van der Waals surface area contributed by atoms with Gasteiger partial charge in [-0.1, -0.05) is 42.5 Å². The van der Waals surface area contributed by atoms with Gasteiger partial charge in [0.15, 0.2) is 5.58 Å². The summed E-state index contributed by atoms with van der Waals surface area (Å²) in [5.41, 5.74) is 2.84. The Bertz CT molecular complexity index is 1160. The van der Waals surface area contributed by atoms with E-state index in [2.05, 4.69) is 56.9 Å². The minimum atomic E-state index is -0.402. The van der Waals surface area contributed by atoms with Crippen molar-refractivity contribution in [2.24, 2.45) is 0 Å². The van der Waals surface area contributed by atoms with Crippen LogP contribution in [0.1, 0.15) is 27.7 Å². The van der Waals surface area contributed by atoms with Crippen molar-refractivity contribution >= 4 is 34.5 Å².